The van der Waals surface area contributed by atoms with Gasteiger partial charge in [0.25, 0.3) is 5.91 Å². The third-order valence-corrected chi connectivity index (χ3v) is 5.46. The maximum Gasteiger partial charge on any atom is 0.254 e. The van der Waals surface area contributed by atoms with Gasteiger partial charge >= 0.3 is 0 Å². The minimum Gasteiger partial charge on any atom is -0.334 e. The molecule has 1 aliphatic heterocycles. The van der Waals surface area contributed by atoms with Gasteiger partial charge < -0.3 is 4.90 Å². The van der Waals surface area contributed by atoms with Gasteiger partial charge in [0, 0.05) is 54.4 Å². The topological polar surface area (TPSA) is 51.0 Å². The van der Waals surface area contributed by atoms with E-state index in [9.17, 15) is 4.79 Å². The molecule has 1 saturated carbocycles. The number of aryl methyl sites for hydroxylation is 1. The highest BCUT2D eigenvalue weighted by atomic mass is 16.2. The fourth-order valence-electron chi connectivity index (χ4n) is 3.94. The first-order chi connectivity index (χ1) is 12.7. The molecule has 2 atom stereocenters. The van der Waals surface area contributed by atoms with Crippen LogP contribution in [0.2, 0.25) is 0 Å². The molecule has 1 amide bonds. The Bertz CT molecular complexity index is 962. The lowest BCUT2D eigenvalue weighted by molar-refractivity contribution is 0.0770. The van der Waals surface area contributed by atoms with Crippen LogP contribution in [0.3, 0.4) is 0 Å². The van der Waals surface area contributed by atoms with E-state index in [4.69, 9.17) is 0 Å². The number of fused-ring (bicyclic) bond motifs is 1. The molecule has 3 heterocycles. The normalized spacial score (nSPS) is 21.1. The van der Waals surface area contributed by atoms with Gasteiger partial charge in [-0.25, -0.2) is 4.68 Å². The zero-order chi connectivity index (χ0) is 17.7. The van der Waals surface area contributed by atoms with E-state index in [0.717, 1.165) is 35.5 Å². The molecule has 5 rings (SSSR count). The lowest BCUT2D eigenvalue weighted by atomic mass is 10.1. The second kappa shape index (κ2) is 5.80. The molecule has 0 bridgehead atoms. The monoisotopic (exact) mass is 344 g/mol. The summed E-state index contributed by atoms with van der Waals surface area (Å²) in [5.74, 6) is 1.13. The molecule has 2 aromatic heterocycles. The molecule has 5 nitrogen and oxygen atoms in total. The van der Waals surface area contributed by atoms with Gasteiger partial charge in [-0.15, -0.1) is 0 Å². The van der Waals surface area contributed by atoms with E-state index in [2.05, 4.69) is 29.1 Å². The molecule has 2 unspecified atom stereocenters. The summed E-state index contributed by atoms with van der Waals surface area (Å²) in [5.41, 5.74) is 5.22. The summed E-state index contributed by atoms with van der Waals surface area (Å²) in [6, 6.07) is 12.0. The Morgan fingerprint density at radius 2 is 2.12 bits per heavy atom. The fourth-order valence-corrected chi connectivity index (χ4v) is 3.94. The lowest BCUT2D eigenvalue weighted by Crippen LogP contribution is -2.26. The smallest absolute Gasteiger partial charge is 0.254 e. The Labute approximate surface area is 152 Å². The van der Waals surface area contributed by atoms with Crippen molar-refractivity contribution in [2.75, 3.05) is 6.54 Å². The van der Waals surface area contributed by atoms with Gasteiger partial charge in [-0.1, -0.05) is 12.1 Å². The van der Waals surface area contributed by atoms with Crippen LogP contribution >= 0.6 is 0 Å². The van der Waals surface area contributed by atoms with Gasteiger partial charge in [-0.3, -0.25) is 9.78 Å². The number of benzene rings is 1. The highest BCUT2D eigenvalue weighted by Crippen LogP contribution is 2.47. The maximum atomic E-state index is 12.9. The van der Waals surface area contributed by atoms with Crippen molar-refractivity contribution < 1.29 is 4.79 Å². The molecule has 1 aromatic carbocycles. The van der Waals surface area contributed by atoms with Crippen LogP contribution in [-0.2, 0) is 6.54 Å². The summed E-state index contributed by atoms with van der Waals surface area (Å²) < 4.78 is 1.84. The highest BCUT2D eigenvalue weighted by molar-refractivity contribution is 5.99. The van der Waals surface area contributed by atoms with Crippen molar-refractivity contribution in [2.24, 2.45) is 5.92 Å². The van der Waals surface area contributed by atoms with Crippen LogP contribution in [0.4, 0.5) is 0 Å². The fraction of sp³-hybridized carbons (Fsp3) is 0.286. The van der Waals surface area contributed by atoms with Crippen LogP contribution in [0.25, 0.3) is 5.69 Å². The van der Waals surface area contributed by atoms with E-state index in [1.807, 2.05) is 46.2 Å². The van der Waals surface area contributed by atoms with Crippen LogP contribution in [0.15, 0.2) is 55.0 Å². The Morgan fingerprint density at radius 3 is 2.88 bits per heavy atom. The van der Waals surface area contributed by atoms with Crippen molar-refractivity contribution in [3.05, 3.63) is 77.4 Å². The SMILES string of the molecule is Cc1ccc(C2CC2CN2Cc3c(cccc3-n3cccn3)C2=O)nc1. The molecule has 1 fully saturated rings. The summed E-state index contributed by atoms with van der Waals surface area (Å²) in [6.07, 6.45) is 6.72. The molecule has 5 heteroatoms. The number of carbonyl (C=O) groups is 1. The molecule has 0 saturated heterocycles. The Morgan fingerprint density at radius 1 is 1.19 bits per heavy atom. The number of hydrogen-bond acceptors (Lipinski definition) is 3. The molecular formula is C21H20N4O. The van der Waals surface area contributed by atoms with Crippen molar-refractivity contribution in [3.8, 4) is 5.69 Å². The number of rotatable bonds is 4. The molecule has 2 aliphatic rings. The van der Waals surface area contributed by atoms with E-state index < -0.39 is 0 Å². The quantitative estimate of drug-likeness (QED) is 0.729. The maximum absolute atomic E-state index is 12.9. The van der Waals surface area contributed by atoms with Crippen molar-refractivity contribution in [3.63, 3.8) is 0 Å². The molecular weight excluding hydrogens is 324 g/mol. The van der Waals surface area contributed by atoms with Crippen molar-refractivity contribution in [2.45, 2.75) is 25.8 Å². The number of amides is 1. The molecule has 130 valence electrons. The van der Waals surface area contributed by atoms with Crippen LogP contribution in [-0.4, -0.2) is 32.1 Å². The van der Waals surface area contributed by atoms with Crippen molar-refractivity contribution in [1.29, 1.82) is 0 Å². The van der Waals surface area contributed by atoms with E-state index in [1.54, 1.807) is 6.20 Å². The van der Waals surface area contributed by atoms with Crippen LogP contribution in [0.5, 0.6) is 0 Å². The Hall–Kier alpha value is -2.95. The standard InChI is InChI=1S/C21H20N4O/c1-14-6-7-19(22-11-14)17-10-15(17)12-24-13-18-16(21(24)26)4-2-5-20(18)25-9-3-8-23-25/h2-9,11,15,17H,10,12-13H2,1H3. The second-order valence-electron chi connectivity index (χ2n) is 7.30. The second-order valence-corrected chi connectivity index (χ2v) is 7.30. The van der Waals surface area contributed by atoms with E-state index >= 15 is 0 Å². The number of nitrogens with zero attached hydrogens (tertiary/aromatic N) is 4. The van der Waals surface area contributed by atoms with E-state index in [-0.39, 0.29) is 5.91 Å². The van der Waals surface area contributed by atoms with E-state index in [1.165, 1.54) is 5.56 Å². The molecule has 0 N–H and O–H groups in total. The number of carbonyl (C=O) groups excluding carboxylic acids is 1. The van der Waals surface area contributed by atoms with Crippen molar-refractivity contribution >= 4 is 5.91 Å². The summed E-state index contributed by atoms with van der Waals surface area (Å²) in [5, 5.41) is 4.32. The van der Waals surface area contributed by atoms with Gasteiger partial charge in [-0.05, 0) is 49.1 Å². The first-order valence-corrected chi connectivity index (χ1v) is 9.04. The number of aromatic nitrogens is 3. The molecule has 0 spiro atoms. The number of pyridine rings is 1. The average Bonchev–Trinajstić information content (AvgIpc) is 3.06. The Kier molecular flexibility index (Phi) is 3.42. The van der Waals surface area contributed by atoms with Gasteiger partial charge in [-0.2, -0.15) is 5.10 Å². The summed E-state index contributed by atoms with van der Waals surface area (Å²) in [6.45, 7) is 3.51. The summed E-state index contributed by atoms with van der Waals surface area (Å²) in [7, 11) is 0. The van der Waals surface area contributed by atoms with Crippen LogP contribution < -0.4 is 0 Å². The van der Waals surface area contributed by atoms with Gasteiger partial charge in [0.1, 0.15) is 0 Å². The molecule has 0 radical (unpaired) electrons. The Balaban J connectivity index is 1.34. The van der Waals surface area contributed by atoms with Crippen LogP contribution in [0.1, 0.15) is 39.5 Å². The lowest BCUT2D eigenvalue weighted by Gasteiger charge is -2.15. The predicted octanol–water partition coefficient (Wildman–Crippen LogP) is 3.34. The van der Waals surface area contributed by atoms with Gasteiger partial charge in [0.05, 0.1) is 5.69 Å². The summed E-state index contributed by atoms with van der Waals surface area (Å²) in [4.78, 5) is 19.4. The molecule has 26 heavy (non-hydrogen) atoms. The molecule has 3 aromatic rings. The third-order valence-electron chi connectivity index (χ3n) is 5.46. The first-order valence-electron chi connectivity index (χ1n) is 9.04. The van der Waals surface area contributed by atoms with Crippen molar-refractivity contribution in [1.82, 2.24) is 19.7 Å². The third kappa shape index (κ3) is 2.51. The number of hydrogen-bond donors (Lipinski definition) is 0. The van der Waals surface area contributed by atoms with Gasteiger partial charge in [0.2, 0.25) is 0 Å². The van der Waals surface area contributed by atoms with E-state index in [0.29, 0.717) is 18.4 Å². The predicted molar refractivity (Wildman–Crippen MR) is 98.1 cm³/mol. The zero-order valence-corrected chi connectivity index (χ0v) is 14.7. The minimum absolute atomic E-state index is 0.136. The zero-order valence-electron chi connectivity index (χ0n) is 14.7. The first kappa shape index (κ1) is 15.3. The largest absolute Gasteiger partial charge is 0.334 e. The minimum atomic E-state index is 0.136. The van der Waals surface area contributed by atoms with Crippen LogP contribution in [0, 0.1) is 12.8 Å². The average molecular weight is 344 g/mol. The summed E-state index contributed by atoms with van der Waals surface area (Å²) >= 11 is 0. The van der Waals surface area contributed by atoms with Gasteiger partial charge in [0.15, 0.2) is 0 Å². The highest BCUT2D eigenvalue weighted by Gasteiger charge is 2.42. The molecule has 1 aliphatic carbocycles.